The largest absolute Gasteiger partial charge is 0.491 e. The number of rotatable bonds is 7. The van der Waals surface area contributed by atoms with Crippen molar-refractivity contribution in [2.75, 3.05) is 19.4 Å². The Morgan fingerprint density at radius 3 is 2.61 bits per heavy atom. The van der Waals surface area contributed by atoms with E-state index in [0.717, 1.165) is 5.75 Å². The van der Waals surface area contributed by atoms with Crippen LogP contribution in [0.3, 0.4) is 0 Å². The smallest absolute Gasteiger partial charge is 0.119 e. The van der Waals surface area contributed by atoms with Gasteiger partial charge >= 0.3 is 0 Å². The maximum Gasteiger partial charge on any atom is 0.119 e. The van der Waals surface area contributed by atoms with E-state index in [2.05, 4.69) is 5.32 Å². The molecular weight excluding hydrogens is 246 g/mol. The van der Waals surface area contributed by atoms with E-state index < -0.39 is 5.60 Å². The van der Waals surface area contributed by atoms with Gasteiger partial charge in [0.2, 0.25) is 0 Å². The molecule has 0 heterocycles. The van der Waals surface area contributed by atoms with Crippen molar-refractivity contribution in [3.05, 3.63) is 24.3 Å². The number of thioether (sulfide) groups is 1. The summed E-state index contributed by atoms with van der Waals surface area (Å²) in [6.07, 6.45) is 4.50. The highest BCUT2D eigenvalue weighted by Gasteiger charge is 2.27. The standard InChI is InChI=1S/C14H21NO2S/c1-14(16,9-15-11-3-4-11)10-17-12-5-7-13(18-2)8-6-12/h5-8,11,15-16H,3-4,9-10H2,1-2H3. The summed E-state index contributed by atoms with van der Waals surface area (Å²) in [5.41, 5.74) is -0.819. The summed E-state index contributed by atoms with van der Waals surface area (Å²) in [6, 6.07) is 8.54. The van der Waals surface area contributed by atoms with Gasteiger partial charge in [0.15, 0.2) is 0 Å². The Bertz CT molecular complexity index is 374. The van der Waals surface area contributed by atoms with Crippen LogP contribution in [0.5, 0.6) is 5.75 Å². The summed E-state index contributed by atoms with van der Waals surface area (Å²) in [6.45, 7) is 2.70. The zero-order valence-electron chi connectivity index (χ0n) is 11.0. The van der Waals surface area contributed by atoms with Gasteiger partial charge in [0, 0.05) is 17.5 Å². The van der Waals surface area contributed by atoms with Gasteiger partial charge in [-0.3, -0.25) is 0 Å². The molecule has 1 atom stereocenters. The third-order valence-electron chi connectivity index (χ3n) is 2.96. The van der Waals surface area contributed by atoms with Crippen LogP contribution in [0.1, 0.15) is 19.8 Å². The molecule has 0 aliphatic heterocycles. The van der Waals surface area contributed by atoms with E-state index in [1.54, 1.807) is 18.7 Å². The van der Waals surface area contributed by atoms with E-state index in [-0.39, 0.29) is 0 Å². The lowest BCUT2D eigenvalue weighted by molar-refractivity contribution is 0.0120. The zero-order chi connectivity index (χ0) is 13.0. The molecule has 0 radical (unpaired) electrons. The molecule has 1 unspecified atom stereocenters. The molecule has 1 aromatic rings. The van der Waals surface area contributed by atoms with Crippen molar-refractivity contribution in [3.63, 3.8) is 0 Å². The van der Waals surface area contributed by atoms with E-state index >= 15 is 0 Å². The fraction of sp³-hybridized carbons (Fsp3) is 0.571. The molecule has 0 saturated heterocycles. The minimum atomic E-state index is -0.819. The van der Waals surface area contributed by atoms with Crippen molar-refractivity contribution in [3.8, 4) is 5.75 Å². The molecule has 0 aromatic heterocycles. The number of hydrogen-bond acceptors (Lipinski definition) is 4. The van der Waals surface area contributed by atoms with E-state index in [1.165, 1.54) is 17.7 Å². The predicted molar refractivity (Wildman–Crippen MR) is 75.4 cm³/mol. The third kappa shape index (κ3) is 4.52. The summed E-state index contributed by atoms with van der Waals surface area (Å²) in [7, 11) is 0. The normalized spacial score (nSPS) is 18.4. The van der Waals surface area contributed by atoms with Crippen LogP contribution in [0.25, 0.3) is 0 Å². The molecule has 3 nitrogen and oxygen atoms in total. The monoisotopic (exact) mass is 267 g/mol. The van der Waals surface area contributed by atoms with Crippen molar-refractivity contribution in [1.29, 1.82) is 0 Å². The van der Waals surface area contributed by atoms with Crippen LogP contribution in [0.4, 0.5) is 0 Å². The first-order valence-electron chi connectivity index (χ1n) is 6.32. The fourth-order valence-corrected chi connectivity index (χ4v) is 2.02. The van der Waals surface area contributed by atoms with Gasteiger partial charge in [-0.15, -0.1) is 11.8 Å². The highest BCUT2D eigenvalue weighted by Crippen LogP contribution is 2.21. The Morgan fingerprint density at radius 2 is 2.06 bits per heavy atom. The number of ether oxygens (including phenoxy) is 1. The lowest BCUT2D eigenvalue weighted by Crippen LogP contribution is -2.43. The molecule has 1 aliphatic rings. The first kappa shape index (κ1) is 13.7. The van der Waals surface area contributed by atoms with Crippen LogP contribution in [-0.2, 0) is 0 Å². The lowest BCUT2D eigenvalue weighted by Gasteiger charge is -2.24. The second-order valence-corrected chi connectivity index (χ2v) is 6.00. The second kappa shape index (κ2) is 5.95. The predicted octanol–water partition coefficient (Wildman–Crippen LogP) is 2.29. The topological polar surface area (TPSA) is 41.5 Å². The van der Waals surface area contributed by atoms with Gasteiger partial charge in [-0.2, -0.15) is 0 Å². The molecule has 0 bridgehead atoms. The van der Waals surface area contributed by atoms with Gasteiger partial charge < -0.3 is 15.2 Å². The Morgan fingerprint density at radius 1 is 1.39 bits per heavy atom. The minimum Gasteiger partial charge on any atom is -0.491 e. The molecule has 2 rings (SSSR count). The average molecular weight is 267 g/mol. The van der Waals surface area contributed by atoms with Crippen LogP contribution in [0.2, 0.25) is 0 Å². The van der Waals surface area contributed by atoms with Crippen molar-refractivity contribution >= 4 is 11.8 Å². The summed E-state index contributed by atoms with van der Waals surface area (Å²) < 4.78 is 5.62. The van der Waals surface area contributed by atoms with Crippen LogP contribution >= 0.6 is 11.8 Å². The van der Waals surface area contributed by atoms with Crippen LogP contribution in [0, 0.1) is 0 Å². The molecule has 1 aliphatic carbocycles. The first-order valence-corrected chi connectivity index (χ1v) is 7.54. The third-order valence-corrected chi connectivity index (χ3v) is 3.70. The summed E-state index contributed by atoms with van der Waals surface area (Å²) in [4.78, 5) is 1.21. The highest BCUT2D eigenvalue weighted by atomic mass is 32.2. The molecule has 2 N–H and O–H groups in total. The Hall–Kier alpha value is -0.710. The second-order valence-electron chi connectivity index (χ2n) is 5.12. The number of aliphatic hydroxyl groups is 1. The van der Waals surface area contributed by atoms with Gasteiger partial charge in [0.05, 0.1) is 0 Å². The summed E-state index contributed by atoms with van der Waals surface area (Å²) in [5, 5.41) is 13.5. The zero-order valence-corrected chi connectivity index (χ0v) is 11.8. The van der Waals surface area contributed by atoms with Gasteiger partial charge in [0.1, 0.15) is 18.0 Å². The van der Waals surface area contributed by atoms with Crippen LogP contribution in [0.15, 0.2) is 29.2 Å². The van der Waals surface area contributed by atoms with Crippen molar-refractivity contribution < 1.29 is 9.84 Å². The molecule has 1 fully saturated rings. The number of hydrogen-bond donors (Lipinski definition) is 2. The van der Waals surface area contributed by atoms with Crippen molar-refractivity contribution in [2.45, 2.75) is 36.3 Å². The van der Waals surface area contributed by atoms with Gasteiger partial charge in [-0.05, 0) is 50.3 Å². The molecule has 100 valence electrons. The molecule has 1 saturated carbocycles. The molecule has 4 heteroatoms. The van der Waals surface area contributed by atoms with Crippen molar-refractivity contribution in [1.82, 2.24) is 5.32 Å². The molecule has 0 spiro atoms. The van der Waals surface area contributed by atoms with Crippen LogP contribution in [-0.4, -0.2) is 36.2 Å². The van der Waals surface area contributed by atoms with E-state index in [1.807, 2.05) is 30.5 Å². The highest BCUT2D eigenvalue weighted by molar-refractivity contribution is 7.98. The quantitative estimate of drug-likeness (QED) is 0.744. The van der Waals surface area contributed by atoms with E-state index in [4.69, 9.17) is 4.74 Å². The maximum atomic E-state index is 10.2. The minimum absolute atomic E-state index is 0.311. The fourth-order valence-electron chi connectivity index (χ4n) is 1.61. The summed E-state index contributed by atoms with van der Waals surface area (Å²) in [5.74, 6) is 0.805. The van der Waals surface area contributed by atoms with E-state index in [9.17, 15) is 5.11 Å². The lowest BCUT2D eigenvalue weighted by atomic mass is 10.1. The average Bonchev–Trinajstić information content (AvgIpc) is 3.19. The van der Waals surface area contributed by atoms with Crippen molar-refractivity contribution in [2.24, 2.45) is 0 Å². The molecule has 18 heavy (non-hydrogen) atoms. The molecule has 0 amide bonds. The Labute approximate surface area is 113 Å². The van der Waals surface area contributed by atoms with E-state index in [0.29, 0.717) is 19.2 Å². The molecule has 1 aromatic carbocycles. The summed E-state index contributed by atoms with van der Waals surface area (Å²) >= 11 is 1.70. The van der Waals surface area contributed by atoms with Gasteiger partial charge in [-0.25, -0.2) is 0 Å². The van der Waals surface area contributed by atoms with Gasteiger partial charge in [-0.1, -0.05) is 0 Å². The Kier molecular flexibility index (Phi) is 4.54. The maximum absolute atomic E-state index is 10.2. The first-order chi connectivity index (χ1) is 8.59. The number of benzene rings is 1. The van der Waals surface area contributed by atoms with Gasteiger partial charge in [0.25, 0.3) is 0 Å². The Balaban J connectivity index is 1.77. The SMILES string of the molecule is CSc1ccc(OCC(C)(O)CNC2CC2)cc1. The number of nitrogens with one attached hydrogen (secondary N) is 1. The molecular formula is C14H21NO2S. The van der Waals surface area contributed by atoms with Crippen LogP contribution < -0.4 is 10.1 Å².